The van der Waals surface area contributed by atoms with Crippen LogP contribution in [0.25, 0.3) is 0 Å². The number of nitrogens with one attached hydrogen (secondary N) is 1. The highest BCUT2D eigenvalue weighted by molar-refractivity contribution is 6.00. The maximum atomic E-state index is 13.2. The summed E-state index contributed by atoms with van der Waals surface area (Å²) in [6.07, 6.45) is -0.669. The molecule has 0 radical (unpaired) electrons. The lowest BCUT2D eigenvalue weighted by Gasteiger charge is -2.34. The number of para-hydroxylation sites is 2. The lowest BCUT2D eigenvalue weighted by atomic mass is 10.0. The maximum absolute atomic E-state index is 13.2. The van der Waals surface area contributed by atoms with Gasteiger partial charge in [0.05, 0.1) is 12.2 Å². The standard InChI is InChI=1S/C22H19N3O2/c23-21(24)17-12-10-15(11-13-17)14-25-18-8-4-5-9-19(18)27-20(22(25)26)16-6-2-1-3-7-16/h1-13,20H,14H2,(H3,23,24). The van der Waals surface area contributed by atoms with E-state index in [9.17, 15) is 4.79 Å². The lowest BCUT2D eigenvalue weighted by molar-refractivity contribution is -0.126. The highest BCUT2D eigenvalue weighted by atomic mass is 16.5. The smallest absolute Gasteiger partial charge is 0.273 e. The summed E-state index contributed by atoms with van der Waals surface area (Å²) in [5.41, 5.74) is 8.72. The number of amidine groups is 1. The number of hydrogen-bond acceptors (Lipinski definition) is 3. The van der Waals surface area contributed by atoms with E-state index >= 15 is 0 Å². The fraction of sp³-hybridized carbons (Fsp3) is 0.0909. The summed E-state index contributed by atoms with van der Waals surface area (Å²) in [6, 6.07) is 24.4. The molecule has 0 saturated heterocycles. The second-order valence-corrected chi connectivity index (χ2v) is 6.41. The molecule has 1 aliphatic rings. The fourth-order valence-corrected chi connectivity index (χ4v) is 3.19. The monoisotopic (exact) mass is 357 g/mol. The van der Waals surface area contributed by atoms with E-state index < -0.39 is 6.10 Å². The first-order valence-corrected chi connectivity index (χ1v) is 8.69. The first-order chi connectivity index (χ1) is 13.1. The number of nitrogen functional groups attached to an aromatic ring is 1. The summed E-state index contributed by atoms with van der Waals surface area (Å²) < 4.78 is 6.01. The zero-order chi connectivity index (χ0) is 18.8. The minimum absolute atomic E-state index is 0.0264. The van der Waals surface area contributed by atoms with Crippen LogP contribution in [-0.2, 0) is 11.3 Å². The number of amides is 1. The number of nitrogens with two attached hydrogens (primary N) is 1. The Morgan fingerprint density at radius 2 is 1.63 bits per heavy atom. The Kier molecular flexibility index (Phi) is 4.34. The third-order valence-electron chi connectivity index (χ3n) is 4.60. The minimum atomic E-state index is -0.669. The number of ether oxygens (including phenoxy) is 1. The fourth-order valence-electron chi connectivity index (χ4n) is 3.19. The van der Waals surface area contributed by atoms with Crippen LogP contribution in [0.2, 0.25) is 0 Å². The van der Waals surface area contributed by atoms with Gasteiger partial charge in [-0.3, -0.25) is 10.2 Å². The zero-order valence-corrected chi connectivity index (χ0v) is 14.6. The van der Waals surface area contributed by atoms with Crippen LogP contribution in [0.4, 0.5) is 5.69 Å². The molecule has 1 aliphatic heterocycles. The molecular formula is C22H19N3O2. The van der Waals surface area contributed by atoms with Gasteiger partial charge < -0.3 is 15.4 Å². The third kappa shape index (κ3) is 3.27. The van der Waals surface area contributed by atoms with Crippen LogP contribution < -0.4 is 15.4 Å². The van der Waals surface area contributed by atoms with Gasteiger partial charge in [-0.05, 0) is 17.7 Å². The molecule has 134 valence electrons. The minimum Gasteiger partial charge on any atom is -0.474 e. The molecule has 0 aliphatic carbocycles. The molecule has 5 heteroatoms. The highest BCUT2D eigenvalue weighted by Gasteiger charge is 2.35. The summed E-state index contributed by atoms with van der Waals surface area (Å²) in [7, 11) is 0. The first-order valence-electron chi connectivity index (χ1n) is 8.69. The summed E-state index contributed by atoms with van der Waals surface area (Å²) in [6.45, 7) is 0.417. The molecule has 3 N–H and O–H groups in total. The summed E-state index contributed by atoms with van der Waals surface area (Å²) >= 11 is 0. The second kappa shape index (κ2) is 6.96. The van der Waals surface area contributed by atoms with Crippen molar-refractivity contribution in [2.24, 2.45) is 5.73 Å². The molecule has 4 rings (SSSR count). The van der Waals surface area contributed by atoms with E-state index in [1.165, 1.54) is 0 Å². The van der Waals surface area contributed by atoms with E-state index in [1.807, 2.05) is 66.7 Å². The van der Waals surface area contributed by atoms with Crippen LogP contribution >= 0.6 is 0 Å². The van der Waals surface area contributed by atoms with Gasteiger partial charge in [-0.2, -0.15) is 0 Å². The van der Waals surface area contributed by atoms with Crippen molar-refractivity contribution < 1.29 is 9.53 Å². The Morgan fingerprint density at radius 3 is 2.33 bits per heavy atom. The van der Waals surface area contributed by atoms with Crippen molar-refractivity contribution in [3.05, 3.63) is 95.6 Å². The second-order valence-electron chi connectivity index (χ2n) is 6.41. The van der Waals surface area contributed by atoms with Gasteiger partial charge in [0, 0.05) is 11.1 Å². The molecule has 1 amide bonds. The van der Waals surface area contributed by atoms with Gasteiger partial charge in [0.2, 0.25) is 6.10 Å². The molecular weight excluding hydrogens is 338 g/mol. The predicted octanol–water partition coefficient (Wildman–Crippen LogP) is 3.64. The number of carbonyl (C=O) groups excluding carboxylic acids is 1. The Morgan fingerprint density at radius 1 is 0.963 bits per heavy atom. The molecule has 0 fully saturated rings. The summed E-state index contributed by atoms with van der Waals surface area (Å²) in [4.78, 5) is 15.0. The van der Waals surface area contributed by atoms with E-state index in [-0.39, 0.29) is 11.7 Å². The Labute approximate surface area is 157 Å². The number of anilines is 1. The number of benzene rings is 3. The number of nitrogens with zero attached hydrogens (tertiary/aromatic N) is 1. The Bertz CT molecular complexity index is 984. The predicted molar refractivity (Wildman–Crippen MR) is 105 cm³/mol. The van der Waals surface area contributed by atoms with Crippen molar-refractivity contribution in [3.8, 4) is 5.75 Å². The van der Waals surface area contributed by atoms with Gasteiger partial charge in [0.15, 0.2) is 0 Å². The third-order valence-corrected chi connectivity index (χ3v) is 4.60. The molecule has 1 unspecified atom stereocenters. The quantitative estimate of drug-likeness (QED) is 0.553. The molecule has 3 aromatic rings. The van der Waals surface area contributed by atoms with Gasteiger partial charge in [-0.25, -0.2) is 0 Å². The van der Waals surface area contributed by atoms with Crippen molar-refractivity contribution in [1.29, 1.82) is 5.41 Å². The SMILES string of the molecule is N=C(N)c1ccc(CN2C(=O)C(c3ccccc3)Oc3ccccc32)cc1. The first kappa shape index (κ1) is 16.8. The van der Waals surface area contributed by atoms with Crippen LogP contribution in [0, 0.1) is 5.41 Å². The molecule has 1 atom stereocenters. The topological polar surface area (TPSA) is 79.4 Å². The highest BCUT2D eigenvalue weighted by Crippen LogP contribution is 2.39. The van der Waals surface area contributed by atoms with Gasteiger partial charge in [-0.1, -0.05) is 66.7 Å². The van der Waals surface area contributed by atoms with Crippen LogP contribution in [0.15, 0.2) is 78.9 Å². The normalized spacial score (nSPS) is 15.8. The van der Waals surface area contributed by atoms with E-state index in [2.05, 4.69) is 0 Å². The molecule has 3 aromatic carbocycles. The van der Waals surface area contributed by atoms with Crippen LogP contribution in [-0.4, -0.2) is 11.7 Å². The van der Waals surface area contributed by atoms with Crippen LogP contribution in [0.1, 0.15) is 22.8 Å². The summed E-state index contributed by atoms with van der Waals surface area (Å²) in [5.74, 6) is 0.611. The molecule has 1 heterocycles. The van der Waals surface area contributed by atoms with Crippen molar-refractivity contribution in [3.63, 3.8) is 0 Å². The average molecular weight is 357 g/mol. The van der Waals surface area contributed by atoms with E-state index in [0.717, 1.165) is 16.8 Å². The summed E-state index contributed by atoms with van der Waals surface area (Å²) in [5, 5.41) is 7.51. The largest absolute Gasteiger partial charge is 0.474 e. The Balaban J connectivity index is 1.69. The number of hydrogen-bond donors (Lipinski definition) is 2. The number of fused-ring (bicyclic) bond motifs is 1. The van der Waals surface area contributed by atoms with Crippen LogP contribution in [0.5, 0.6) is 5.75 Å². The van der Waals surface area contributed by atoms with E-state index in [4.69, 9.17) is 15.9 Å². The maximum Gasteiger partial charge on any atom is 0.273 e. The average Bonchev–Trinajstić information content (AvgIpc) is 2.71. The van der Waals surface area contributed by atoms with Crippen molar-refractivity contribution in [2.75, 3.05) is 4.90 Å². The van der Waals surface area contributed by atoms with Crippen molar-refractivity contribution in [1.82, 2.24) is 0 Å². The van der Waals surface area contributed by atoms with Crippen molar-refractivity contribution in [2.45, 2.75) is 12.6 Å². The van der Waals surface area contributed by atoms with Gasteiger partial charge in [-0.15, -0.1) is 0 Å². The van der Waals surface area contributed by atoms with Crippen molar-refractivity contribution >= 4 is 17.4 Å². The van der Waals surface area contributed by atoms with Crippen LogP contribution in [0.3, 0.4) is 0 Å². The number of rotatable bonds is 4. The molecule has 5 nitrogen and oxygen atoms in total. The molecule has 0 aromatic heterocycles. The number of carbonyl (C=O) groups is 1. The zero-order valence-electron chi connectivity index (χ0n) is 14.6. The van der Waals surface area contributed by atoms with E-state index in [1.54, 1.807) is 17.0 Å². The van der Waals surface area contributed by atoms with E-state index in [0.29, 0.717) is 17.9 Å². The molecule has 0 spiro atoms. The molecule has 0 bridgehead atoms. The van der Waals surface area contributed by atoms with Gasteiger partial charge in [0.25, 0.3) is 5.91 Å². The van der Waals surface area contributed by atoms with Gasteiger partial charge >= 0.3 is 0 Å². The lowest BCUT2D eigenvalue weighted by Crippen LogP contribution is -2.40. The molecule has 27 heavy (non-hydrogen) atoms. The van der Waals surface area contributed by atoms with Gasteiger partial charge in [0.1, 0.15) is 11.6 Å². The Hall–Kier alpha value is -3.60. The molecule has 0 saturated carbocycles.